The van der Waals surface area contributed by atoms with Crippen molar-refractivity contribution >= 4 is 28.8 Å². The predicted molar refractivity (Wildman–Crippen MR) is 116 cm³/mol. The molecule has 1 aliphatic rings. The topological polar surface area (TPSA) is 109 Å². The molecule has 1 aliphatic heterocycles. The van der Waals surface area contributed by atoms with Crippen LogP contribution >= 0.6 is 12.2 Å². The number of aromatic nitrogens is 2. The van der Waals surface area contributed by atoms with Gasteiger partial charge in [0.05, 0.1) is 13.2 Å². The Labute approximate surface area is 170 Å². The highest BCUT2D eigenvalue weighted by Crippen LogP contribution is 2.17. The van der Waals surface area contributed by atoms with E-state index < -0.39 is 11.2 Å². The molecule has 2 heterocycles. The van der Waals surface area contributed by atoms with E-state index in [1.807, 2.05) is 13.8 Å². The average Bonchev–Trinajstić information content (AvgIpc) is 2.67. The predicted octanol–water partition coefficient (Wildman–Crippen LogP) is 0.342. The fraction of sp³-hybridized carbons (Fsp3) is 0.722. The minimum absolute atomic E-state index is 0.160. The molecule has 0 radical (unpaired) electrons. The number of morpholine rings is 1. The first-order valence-corrected chi connectivity index (χ1v) is 10.4. The number of rotatable bonds is 9. The Morgan fingerprint density at radius 2 is 1.96 bits per heavy atom. The molecule has 4 N–H and O–H groups in total. The monoisotopic (exact) mass is 412 g/mol. The molecule has 0 bridgehead atoms. The average molecular weight is 413 g/mol. The van der Waals surface area contributed by atoms with Crippen LogP contribution < -0.4 is 27.2 Å². The molecule has 0 unspecified atom stereocenters. The second-order valence-corrected chi connectivity index (χ2v) is 7.22. The summed E-state index contributed by atoms with van der Waals surface area (Å²) in [7, 11) is 0. The van der Waals surface area contributed by atoms with Crippen molar-refractivity contribution in [3.05, 3.63) is 20.8 Å². The lowest BCUT2D eigenvalue weighted by atomic mass is 10.3. The molecule has 0 aliphatic carbocycles. The molecular weight excluding hydrogens is 380 g/mol. The standard InChI is InChI=1S/C18H32N6O3S/c1-3-5-8-24-15(19)14(16(25)21-17(24)26)23(7-4-2)18(28)20-6-9-22-10-12-27-13-11-22/h3-13,19H2,1-2H3,(H,20,28)(H,21,25,26). The number of hydrogen-bond acceptors (Lipinski definition) is 6. The minimum atomic E-state index is -0.513. The Kier molecular flexibility index (Phi) is 8.94. The molecule has 9 nitrogen and oxygen atoms in total. The number of aromatic amines is 1. The Morgan fingerprint density at radius 3 is 2.61 bits per heavy atom. The number of ether oxygens (including phenoxy) is 1. The van der Waals surface area contributed by atoms with Gasteiger partial charge in [0.2, 0.25) is 0 Å². The van der Waals surface area contributed by atoms with Gasteiger partial charge < -0.3 is 20.7 Å². The first-order valence-electron chi connectivity index (χ1n) is 9.97. The lowest BCUT2D eigenvalue weighted by molar-refractivity contribution is 0.0389. The van der Waals surface area contributed by atoms with Gasteiger partial charge in [-0.05, 0) is 25.1 Å². The molecular formula is C18H32N6O3S. The molecule has 0 aromatic carbocycles. The molecule has 0 saturated carbocycles. The van der Waals surface area contributed by atoms with E-state index >= 15 is 0 Å². The highest BCUT2D eigenvalue weighted by molar-refractivity contribution is 7.80. The molecule has 1 aromatic heterocycles. The minimum Gasteiger partial charge on any atom is -0.383 e. The van der Waals surface area contributed by atoms with Gasteiger partial charge in [-0.15, -0.1) is 0 Å². The molecule has 2 rings (SSSR count). The van der Waals surface area contributed by atoms with Gasteiger partial charge in [-0.2, -0.15) is 0 Å². The maximum absolute atomic E-state index is 12.5. The van der Waals surface area contributed by atoms with Crippen LogP contribution in [-0.2, 0) is 11.3 Å². The fourth-order valence-corrected chi connectivity index (χ4v) is 3.44. The zero-order valence-electron chi connectivity index (χ0n) is 16.8. The summed E-state index contributed by atoms with van der Waals surface area (Å²) >= 11 is 5.55. The molecule has 28 heavy (non-hydrogen) atoms. The van der Waals surface area contributed by atoms with Crippen LogP contribution in [0.2, 0.25) is 0 Å². The third-order valence-corrected chi connectivity index (χ3v) is 5.08. The number of nitrogens with zero attached hydrogens (tertiary/aromatic N) is 3. The largest absolute Gasteiger partial charge is 0.383 e. The van der Waals surface area contributed by atoms with Gasteiger partial charge in [0.15, 0.2) is 10.8 Å². The molecule has 1 fully saturated rings. The van der Waals surface area contributed by atoms with E-state index in [0.29, 0.717) is 24.7 Å². The van der Waals surface area contributed by atoms with E-state index in [-0.39, 0.29) is 11.5 Å². The summed E-state index contributed by atoms with van der Waals surface area (Å²) in [6, 6.07) is 0. The Bertz CT molecular complexity index is 757. The van der Waals surface area contributed by atoms with Crippen molar-refractivity contribution < 1.29 is 4.74 Å². The van der Waals surface area contributed by atoms with Crippen LogP contribution in [0.5, 0.6) is 0 Å². The van der Waals surface area contributed by atoms with Crippen LogP contribution in [-0.4, -0.2) is 65.5 Å². The Morgan fingerprint density at radius 1 is 1.25 bits per heavy atom. The van der Waals surface area contributed by atoms with Gasteiger partial charge in [0.25, 0.3) is 5.56 Å². The molecule has 1 aromatic rings. The zero-order valence-corrected chi connectivity index (χ0v) is 17.6. The Balaban J connectivity index is 2.16. The number of nitrogens with two attached hydrogens (primary N) is 1. The second-order valence-electron chi connectivity index (χ2n) is 6.84. The number of anilines is 2. The summed E-state index contributed by atoms with van der Waals surface area (Å²) in [5.74, 6) is 0.160. The van der Waals surface area contributed by atoms with E-state index in [4.69, 9.17) is 22.7 Å². The number of nitrogens with one attached hydrogen (secondary N) is 2. The highest BCUT2D eigenvalue weighted by atomic mass is 32.1. The van der Waals surface area contributed by atoms with Crippen LogP contribution in [0.3, 0.4) is 0 Å². The third kappa shape index (κ3) is 5.79. The molecule has 158 valence electrons. The summed E-state index contributed by atoms with van der Waals surface area (Å²) in [6.45, 7) is 9.83. The van der Waals surface area contributed by atoms with Crippen molar-refractivity contribution in [3.8, 4) is 0 Å². The highest BCUT2D eigenvalue weighted by Gasteiger charge is 2.21. The quantitative estimate of drug-likeness (QED) is 0.499. The van der Waals surface area contributed by atoms with E-state index in [1.165, 1.54) is 4.57 Å². The summed E-state index contributed by atoms with van der Waals surface area (Å²) < 4.78 is 6.77. The molecule has 0 amide bonds. The van der Waals surface area contributed by atoms with Gasteiger partial charge >= 0.3 is 5.69 Å². The van der Waals surface area contributed by atoms with E-state index in [9.17, 15) is 9.59 Å². The van der Waals surface area contributed by atoms with Crippen LogP contribution in [0.1, 0.15) is 33.1 Å². The number of nitrogen functional groups attached to an aromatic ring is 1. The van der Waals surface area contributed by atoms with Gasteiger partial charge in [0.1, 0.15) is 5.82 Å². The van der Waals surface area contributed by atoms with Crippen LogP contribution in [0.25, 0.3) is 0 Å². The second kappa shape index (κ2) is 11.2. The first kappa shape index (κ1) is 22.4. The normalized spacial score (nSPS) is 14.8. The third-order valence-electron chi connectivity index (χ3n) is 4.72. The molecule has 10 heteroatoms. The maximum atomic E-state index is 12.5. The maximum Gasteiger partial charge on any atom is 0.330 e. The van der Waals surface area contributed by atoms with Crippen LogP contribution in [0.4, 0.5) is 11.5 Å². The first-order chi connectivity index (χ1) is 13.5. The van der Waals surface area contributed by atoms with Crippen molar-refractivity contribution in [1.29, 1.82) is 0 Å². The van der Waals surface area contributed by atoms with E-state index in [1.54, 1.807) is 4.90 Å². The number of thiocarbonyl (C=S) groups is 1. The van der Waals surface area contributed by atoms with Crippen LogP contribution in [0.15, 0.2) is 9.59 Å². The number of unbranched alkanes of at least 4 members (excludes halogenated alkanes) is 1. The summed E-state index contributed by atoms with van der Waals surface area (Å²) in [5.41, 5.74) is 5.47. The van der Waals surface area contributed by atoms with Gasteiger partial charge in [-0.25, -0.2) is 4.79 Å². The Hall–Kier alpha value is -1.91. The molecule has 0 atom stereocenters. The summed E-state index contributed by atoms with van der Waals surface area (Å²) in [6.07, 6.45) is 2.49. The smallest absolute Gasteiger partial charge is 0.330 e. The van der Waals surface area contributed by atoms with Gasteiger partial charge in [0, 0.05) is 39.3 Å². The lowest BCUT2D eigenvalue weighted by Crippen LogP contribution is -2.48. The molecule has 1 saturated heterocycles. The SMILES string of the molecule is CCCCn1c(N)c(N(CCC)C(=S)NCCN2CCOCC2)c(=O)[nH]c1=O. The van der Waals surface area contributed by atoms with Crippen molar-refractivity contribution in [2.24, 2.45) is 0 Å². The molecule has 0 spiro atoms. The zero-order chi connectivity index (χ0) is 20.5. The number of H-pyrrole nitrogens is 1. The van der Waals surface area contributed by atoms with Crippen molar-refractivity contribution in [2.75, 3.05) is 56.6 Å². The van der Waals surface area contributed by atoms with Crippen molar-refractivity contribution in [3.63, 3.8) is 0 Å². The fourth-order valence-electron chi connectivity index (χ4n) is 3.16. The van der Waals surface area contributed by atoms with E-state index in [0.717, 1.165) is 52.1 Å². The summed E-state index contributed by atoms with van der Waals surface area (Å²) in [4.78, 5) is 31.1. The van der Waals surface area contributed by atoms with Crippen LogP contribution in [0, 0.1) is 0 Å². The lowest BCUT2D eigenvalue weighted by Gasteiger charge is -2.29. The summed E-state index contributed by atoms with van der Waals surface area (Å²) in [5, 5.41) is 3.66. The van der Waals surface area contributed by atoms with Crippen molar-refractivity contribution in [1.82, 2.24) is 19.8 Å². The van der Waals surface area contributed by atoms with Gasteiger partial charge in [-0.3, -0.25) is 19.2 Å². The van der Waals surface area contributed by atoms with Gasteiger partial charge in [-0.1, -0.05) is 20.3 Å². The van der Waals surface area contributed by atoms with Crippen molar-refractivity contribution in [2.45, 2.75) is 39.7 Å². The van der Waals surface area contributed by atoms with E-state index in [2.05, 4.69) is 15.2 Å². The number of hydrogen-bond donors (Lipinski definition) is 3.